The third-order valence-corrected chi connectivity index (χ3v) is 4.46. The Morgan fingerprint density at radius 1 is 1.10 bits per heavy atom. The molecule has 1 aliphatic rings. The molecule has 1 aliphatic carbocycles. The average molecular weight is 297 g/mol. The fourth-order valence-corrected chi connectivity index (χ4v) is 3.09. The van der Waals surface area contributed by atoms with Gasteiger partial charge in [-0.3, -0.25) is 0 Å². The van der Waals surface area contributed by atoms with Crippen LogP contribution in [0.2, 0.25) is 0 Å². The molecule has 0 aliphatic heterocycles. The fraction of sp³-hybridized carbons (Fsp3) is 0.200. The predicted octanol–water partition coefficient (Wildman–Crippen LogP) is 3.60. The Morgan fingerprint density at radius 3 is 2.76 bits per heavy atom. The van der Waals surface area contributed by atoms with E-state index in [4.69, 9.17) is 5.84 Å². The van der Waals surface area contributed by atoms with Crippen molar-refractivity contribution in [2.45, 2.75) is 18.8 Å². The number of benzene rings is 1. The van der Waals surface area contributed by atoms with Gasteiger partial charge in [0.05, 0.1) is 0 Å². The monoisotopic (exact) mass is 297 g/mol. The van der Waals surface area contributed by atoms with Crippen LogP contribution >= 0.6 is 11.3 Å². The highest BCUT2D eigenvalue weighted by Gasteiger charge is 2.27. The van der Waals surface area contributed by atoms with Crippen molar-refractivity contribution < 1.29 is 0 Å². The Balaban J connectivity index is 1.67. The summed E-state index contributed by atoms with van der Waals surface area (Å²) in [5.74, 6) is 8.26. The van der Waals surface area contributed by atoms with Crippen molar-refractivity contribution in [2.75, 3.05) is 10.7 Å². The van der Waals surface area contributed by atoms with E-state index >= 15 is 0 Å². The molecule has 5 nitrogen and oxygen atoms in total. The van der Waals surface area contributed by atoms with Gasteiger partial charge in [-0.25, -0.2) is 15.8 Å². The standard InChI is InChI=1S/C15H15N5S/c16-20-14-8-13(18-15(19-14)9-1-2-9)17-11-3-4-12-10(7-11)5-6-21-12/h3-9H,1-2,16H2,(H2,17,18,19,20). The third kappa shape index (κ3) is 2.55. The normalized spacial score (nSPS) is 14.3. The molecule has 0 bridgehead atoms. The van der Waals surface area contributed by atoms with E-state index in [0.717, 1.165) is 30.2 Å². The van der Waals surface area contributed by atoms with E-state index in [0.29, 0.717) is 11.7 Å². The van der Waals surface area contributed by atoms with Gasteiger partial charge in [0, 0.05) is 22.4 Å². The zero-order valence-electron chi connectivity index (χ0n) is 11.3. The molecular formula is C15H15N5S. The SMILES string of the molecule is NNc1cc(Nc2ccc3sccc3c2)nc(C2CC2)n1. The van der Waals surface area contributed by atoms with Crippen molar-refractivity contribution in [3.8, 4) is 0 Å². The van der Waals surface area contributed by atoms with Gasteiger partial charge in [-0.05, 0) is 47.9 Å². The summed E-state index contributed by atoms with van der Waals surface area (Å²) in [6.45, 7) is 0. The molecule has 0 unspecified atom stereocenters. The number of rotatable bonds is 4. The van der Waals surface area contributed by atoms with Crippen molar-refractivity contribution in [1.29, 1.82) is 0 Å². The molecule has 0 saturated heterocycles. The number of hydrogen-bond acceptors (Lipinski definition) is 6. The van der Waals surface area contributed by atoms with Crippen LogP contribution in [0.25, 0.3) is 10.1 Å². The van der Waals surface area contributed by atoms with Gasteiger partial charge in [-0.15, -0.1) is 11.3 Å². The van der Waals surface area contributed by atoms with Gasteiger partial charge in [-0.2, -0.15) is 0 Å². The van der Waals surface area contributed by atoms with E-state index in [1.165, 1.54) is 10.1 Å². The van der Waals surface area contributed by atoms with Gasteiger partial charge >= 0.3 is 0 Å². The second kappa shape index (κ2) is 4.98. The summed E-state index contributed by atoms with van der Waals surface area (Å²) in [5, 5.41) is 6.67. The second-order valence-corrected chi connectivity index (χ2v) is 6.16. The molecular weight excluding hydrogens is 282 g/mol. The minimum Gasteiger partial charge on any atom is -0.340 e. The minimum atomic E-state index is 0.484. The molecule has 1 saturated carbocycles. The first-order valence-electron chi connectivity index (χ1n) is 6.92. The summed E-state index contributed by atoms with van der Waals surface area (Å²) in [5.41, 5.74) is 3.63. The van der Waals surface area contributed by atoms with E-state index in [1.807, 2.05) is 6.07 Å². The molecule has 1 aromatic carbocycles. The zero-order chi connectivity index (χ0) is 14.2. The Kier molecular flexibility index (Phi) is 2.98. The van der Waals surface area contributed by atoms with Crippen LogP contribution < -0.4 is 16.6 Å². The molecule has 0 spiro atoms. The molecule has 1 fully saturated rings. The van der Waals surface area contributed by atoms with Crippen LogP contribution in [-0.4, -0.2) is 9.97 Å². The van der Waals surface area contributed by atoms with E-state index < -0.39 is 0 Å². The maximum absolute atomic E-state index is 5.50. The highest BCUT2D eigenvalue weighted by Crippen LogP contribution is 2.39. The van der Waals surface area contributed by atoms with Gasteiger partial charge in [0.25, 0.3) is 0 Å². The first-order valence-corrected chi connectivity index (χ1v) is 7.80. The lowest BCUT2D eigenvalue weighted by Gasteiger charge is -2.09. The number of aromatic nitrogens is 2. The Bertz CT molecular complexity index is 794. The first-order chi connectivity index (χ1) is 10.3. The maximum atomic E-state index is 5.50. The summed E-state index contributed by atoms with van der Waals surface area (Å²) in [6, 6.07) is 10.2. The molecule has 2 heterocycles. The summed E-state index contributed by atoms with van der Waals surface area (Å²) < 4.78 is 1.28. The minimum absolute atomic E-state index is 0.484. The highest BCUT2D eigenvalue weighted by atomic mass is 32.1. The van der Waals surface area contributed by atoms with Crippen LogP contribution in [0.15, 0.2) is 35.7 Å². The highest BCUT2D eigenvalue weighted by molar-refractivity contribution is 7.17. The number of fused-ring (bicyclic) bond motifs is 1. The average Bonchev–Trinajstić information content (AvgIpc) is 3.25. The van der Waals surface area contributed by atoms with Crippen LogP contribution in [-0.2, 0) is 0 Å². The van der Waals surface area contributed by atoms with Crippen LogP contribution in [0.1, 0.15) is 24.6 Å². The summed E-state index contributed by atoms with van der Waals surface area (Å²) >= 11 is 1.74. The van der Waals surface area contributed by atoms with Crippen LogP contribution in [0.3, 0.4) is 0 Å². The molecule has 2 aromatic heterocycles. The molecule has 6 heteroatoms. The van der Waals surface area contributed by atoms with Crippen LogP contribution in [0.4, 0.5) is 17.3 Å². The molecule has 106 valence electrons. The van der Waals surface area contributed by atoms with Gasteiger partial charge in [0.1, 0.15) is 17.5 Å². The lowest BCUT2D eigenvalue weighted by Crippen LogP contribution is -2.11. The summed E-state index contributed by atoms with van der Waals surface area (Å²) in [7, 11) is 0. The van der Waals surface area contributed by atoms with Gasteiger partial charge in [0.2, 0.25) is 0 Å². The largest absolute Gasteiger partial charge is 0.340 e. The number of hydrazine groups is 1. The van der Waals surface area contributed by atoms with E-state index in [9.17, 15) is 0 Å². The smallest absolute Gasteiger partial charge is 0.145 e. The lowest BCUT2D eigenvalue weighted by molar-refractivity contribution is 0.929. The number of nitrogen functional groups attached to an aromatic ring is 1. The Hall–Kier alpha value is -2.18. The topological polar surface area (TPSA) is 75.9 Å². The lowest BCUT2D eigenvalue weighted by atomic mass is 10.2. The third-order valence-electron chi connectivity index (χ3n) is 3.56. The molecule has 4 N–H and O–H groups in total. The molecule has 21 heavy (non-hydrogen) atoms. The van der Waals surface area contributed by atoms with Crippen molar-refractivity contribution in [2.24, 2.45) is 5.84 Å². The van der Waals surface area contributed by atoms with Crippen molar-refractivity contribution >= 4 is 38.7 Å². The Labute approximate surface area is 126 Å². The zero-order valence-corrected chi connectivity index (χ0v) is 12.2. The number of nitrogens with one attached hydrogen (secondary N) is 2. The van der Waals surface area contributed by atoms with Crippen LogP contribution in [0.5, 0.6) is 0 Å². The van der Waals surface area contributed by atoms with Gasteiger partial charge < -0.3 is 10.7 Å². The van der Waals surface area contributed by atoms with Gasteiger partial charge in [0.15, 0.2) is 0 Å². The molecule has 0 radical (unpaired) electrons. The second-order valence-electron chi connectivity index (χ2n) is 5.21. The number of anilines is 3. The van der Waals surface area contributed by atoms with Crippen LogP contribution in [0, 0.1) is 0 Å². The van der Waals surface area contributed by atoms with Gasteiger partial charge in [-0.1, -0.05) is 0 Å². The number of hydrogen-bond donors (Lipinski definition) is 3. The molecule has 0 atom stereocenters. The van der Waals surface area contributed by atoms with Crippen molar-refractivity contribution in [3.05, 3.63) is 41.5 Å². The Morgan fingerprint density at radius 2 is 1.95 bits per heavy atom. The van der Waals surface area contributed by atoms with E-state index in [1.54, 1.807) is 11.3 Å². The van der Waals surface area contributed by atoms with E-state index in [-0.39, 0.29) is 0 Å². The fourth-order valence-electron chi connectivity index (χ4n) is 2.32. The summed E-state index contributed by atoms with van der Waals surface area (Å²) in [4.78, 5) is 9.00. The molecule has 3 aromatic rings. The van der Waals surface area contributed by atoms with Crippen molar-refractivity contribution in [3.63, 3.8) is 0 Å². The number of thiophene rings is 1. The number of nitrogens with zero attached hydrogens (tertiary/aromatic N) is 2. The predicted molar refractivity (Wildman–Crippen MR) is 86.9 cm³/mol. The molecule has 0 amide bonds. The quantitative estimate of drug-likeness (QED) is 0.507. The summed E-state index contributed by atoms with van der Waals surface area (Å²) in [6.07, 6.45) is 2.32. The van der Waals surface area contributed by atoms with E-state index in [2.05, 4.69) is 50.4 Å². The van der Waals surface area contributed by atoms with Crippen molar-refractivity contribution in [1.82, 2.24) is 9.97 Å². The molecule has 4 rings (SSSR count). The first kappa shape index (κ1) is 12.6. The number of nitrogens with two attached hydrogens (primary N) is 1. The maximum Gasteiger partial charge on any atom is 0.145 e.